The van der Waals surface area contributed by atoms with Crippen LogP contribution in [0.3, 0.4) is 0 Å². The van der Waals surface area contributed by atoms with Gasteiger partial charge >= 0.3 is 0 Å². The van der Waals surface area contributed by atoms with Gasteiger partial charge in [0.1, 0.15) is 0 Å². The third-order valence-corrected chi connectivity index (χ3v) is 3.73. The number of aryl methyl sites for hydroxylation is 1. The Morgan fingerprint density at radius 1 is 1.33 bits per heavy atom. The lowest BCUT2D eigenvalue weighted by molar-refractivity contribution is -0.129. The van der Waals surface area contributed by atoms with Gasteiger partial charge in [-0.15, -0.1) is 0 Å². The topological polar surface area (TPSA) is 49.6 Å². The number of anilines is 1. The molecule has 0 aromatic heterocycles. The van der Waals surface area contributed by atoms with Crippen molar-refractivity contribution >= 4 is 23.2 Å². The largest absolute Gasteiger partial charge is 0.368 e. The van der Waals surface area contributed by atoms with Gasteiger partial charge in [-0.1, -0.05) is 17.7 Å². The predicted molar refractivity (Wildman–Crippen MR) is 74.0 cm³/mol. The van der Waals surface area contributed by atoms with Crippen molar-refractivity contribution in [2.24, 2.45) is 5.73 Å². The third kappa shape index (κ3) is 2.76. The van der Waals surface area contributed by atoms with Crippen molar-refractivity contribution in [2.45, 2.75) is 6.92 Å². The zero-order valence-electron chi connectivity index (χ0n) is 10.5. The molecular formula is C13H18ClN3O. The second-order valence-electron chi connectivity index (χ2n) is 4.51. The fourth-order valence-corrected chi connectivity index (χ4v) is 2.30. The maximum atomic E-state index is 11.5. The summed E-state index contributed by atoms with van der Waals surface area (Å²) in [5, 5.41) is 0.785. The molecule has 1 saturated heterocycles. The molecule has 0 radical (unpaired) electrons. The highest BCUT2D eigenvalue weighted by atomic mass is 35.5. The summed E-state index contributed by atoms with van der Waals surface area (Å²) < 4.78 is 0. The van der Waals surface area contributed by atoms with E-state index in [1.165, 1.54) is 0 Å². The zero-order valence-corrected chi connectivity index (χ0v) is 11.3. The van der Waals surface area contributed by atoms with Gasteiger partial charge in [-0.05, 0) is 24.6 Å². The molecular weight excluding hydrogens is 250 g/mol. The number of hydrogen-bond donors (Lipinski definition) is 1. The number of carbonyl (C=O) groups is 1. The Labute approximate surface area is 112 Å². The minimum absolute atomic E-state index is 0.0246. The molecule has 98 valence electrons. The molecule has 1 aliphatic heterocycles. The molecule has 2 N–H and O–H groups in total. The molecule has 2 rings (SSSR count). The van der Waals surface area contributed by atoms with Crippen LogP contribution in [-0.4, -0.2) is 43.5 Å². The van der Waals surface area contributed by atoms with Crippen molar-refractivity contribution in [1.82, 2.24) is 4.90 Å². The number of amides is 1. The van der Waals surface area contributed by atoms with E-state index in [1.807, 2.05) is 24.0 Å². The number of hydrogen-bond acceptors (Lipinski definition) is 3. The van der Waals surface area contributed by atoms with Gasteiger partial charge in [0.2, 0.25) is 5.91 Å². The Balaban J connectivity index is 2.01. The minimum atomic E-state index is 0.0246. The lowest BCUT2D eigenvalue weighted by Gasteiger charge is -2.36. The Bertz CT molecular complexity index is 442. The monoisotopic (exact) mass is 267 g/mol. The van der Waals surface area contributed by atoms with Crippen LogP contribution in [-0.2, 0) is 4.79 Å². The molecule has 0 atom stereocenters. The first kappa shape index (κ1) is 13.2. The van der Waals surface area contributed by atoms with Crippen molar-refractivity contribution in [3.05, 3.63) is 28.8 Å². The molecule has 0 unspecified atom stereocenters. The van der Waals surface area contributed by atoms with Crippen LogP contribution in [0.2, 0.25) is 5.02 Å². The fraction of sp³-hybridized carbons (Fsp3) is 0.462. The average molecular weight is 268 g/mol. The first-order valence-corrected chi connectivity index (χ1v) is 6.48. The molecule has 1 amide bonds. The average Bonchev–Trinajstić information content (AvgIpc) is 2.41. The summed E-state index contributed by atoms with van der Waals surface area (Å²) in [4.78, 5) is 15.5. The van der Waals surface area contributed by atoms with Crippen molar-refractivity contribution in [3.8, 4) is 0 Å². The molecule has 0 spiro atoms. The van der Waals surface area contributed by atoms with Crippen LogP contribution in [0.5, 0.6) is 0 Å². The summed E-state index contributed by atoms with van der Waals surface area (Å²) in [7, 11) is 0. The first-order chi connectivity index (χ1) is 8.61. The second kappa shape index (κ2) is 5.59. The minimum Gasteiger partial charge on any atom is -0.368 e. The molecule has 0 saturated carbocycles. The molecule has 4 nitrogen and oxygen atoms in total. The highest BCUT2D eigenvalue weighted by Crippen LogP contribution is 2.23. The van der Waals surface area contributed by atoms with E-state index in [0.29, 0.717) is 0 Å². The Morgan fingerprint density at radius 3 is 2.56 bits per heavy atom. The number of piperazine rings is 1. The maximum absolute atomic E-state index is 11.5. The number of carbonyl (C=O) groups excluding carboxylic acids is 1. The van der Waals surface area contributed by atoms with Gasteiger partial charge in [-0.25, -0.2) is 0 Å². The standard InChI is InChI=1S/C13H18ClN3O/c1-10-2-3-11(8-12(10)14)16-4-6-17(7-5-16)13(18)9-15/h2-3,8H,4-7,9,15H2,1H3. The lowest BCUT2D eigenvalue weighted by atomic mass is 10.2. The molecule has 1 fully saturated rings. The van der Waals surface area contributed by atoms with Crippen LogP contribution in [0, 0.1) is 6.92 Å². The lowest BCUT2D eigenvalue weighted by Crippen LogP contribution is -2.50. The Morgan fingerprint density at radius 2 is 2.00 bits per heavy atom. The summed E-state index contributed by atoms with van der Waals surface area (Å²) in [6, 6.07) is 6.08. The van der Waals surface area contributed by atoms with Crippen molar-refractivity contribution in [1.29, 1.82) is 0 Å². The van der Waals surface area contributed by atoms with Gasteiger partial charge in [0.25, 0.3) is 0 Å². The van der Waals surface area contributed by atoms with Crippen LogP contribution >= 0.6 is 11.6 Å². The van der Waals surface area contributed by atoms with E-state index in [-0.39, 0.29) is 12.5 Å². The summed E-state index contributed by atoms with van der Waals surface area (Å²) >= 11 is 6.13. The van der Waals surface area contributed by atoms with E-state index in [9.17, 15) is 4.79 Å². The molecule has 0 bridgehead atoms. The molecule has 1 aliphatic rings. The molecule has 1 aromatic rings. The smallest absolute Gasteiger partial charge is 0.236 e. The van der Waals surface area contributed by atoms with Gasteiger partial charge in [0.15, 0.2) is 0 Å². The maximum Gasteiger partial charge on any atom is 0.236 e. The number of benzene rings is 1. The van der Waals surface area contributed by atoms with E-state index in [1.54, 1.807) is 0 Å². The number of nitrogens with two attached hydrogens (primary N) is 1. The predicted octanol–water partition coefficient (Wildman–Crippen LogP) is 1.26. The van der Waals surface area contributed by atoms with Gasteiger partial charge in [-0.2, -0.15) is 0 Å². The second-order valence-corrected chi connectivity index (χ2v) is 4.91. The first-order valence-electron chi connectivity index (χ1n) is 6.11. The highest BCUT2D eigenvalue weighted by Gasteiger charge is 2.20. The number of nitrogens with zero attached hydrogens (tertiary/aromatic N) is 2. The van der Waals surface area contributed by atoms with Gasteiger partial charge in [0, 0.05) is 36.9 Å². The summed E-state index contributed by atoms with van der Waals surface area (Å²) in [5.41, 5.74) is 7.56. The zero-order chi connectivity index (χ0) is 13.1. The van der Waals surface area contributed by atoms with Crippen molar-refractivity contribution in [3.63, 3.8) is 0 Å². The number of halogens is 1. The summed E-state index contributed by atoms with van der Waals surface area (Å²) in [5.74, 6) is 0.0246. The van der Waals surface area contributed by atoms with E-state index in [4.69, 9.17) is 17.3 Å². The van der Waals surface area contributed by atoms with E-state index in [0.717, 1.165) is 42.5 Å². The third-order valence-electron chi connectivity index (χ3n) is 3.33. The van der Waals surface area contributed by atoms with Gasteiger partial charge < -0.3 is 15.5 Å². The molecule has 1 aromatic carbocycles. The molecule has 18 heavy (non-hydrogen) atoms. The van der Waals surface area contributed by atoms with E-state index >= 15 is 0 Å². The Hall–Kier alpha value is -1.26. The Kier molecular flexibility index (Phi) is 4.09. The molecule has 0 aliphatic carbocycles. The number of rotatable bonds is 2. The fourth-order valence-electron chi connectivity index (χ4n) is 2.12. The molecule has 5 heteroatoms. The van der Waals surface area contributed by atoms with Gasteiger partial charge in [-0.3, -0.25) is 4.79 Å². The van der Waals surface area contributed by atoms with Crippen LogP contribution in [0.25, 0.3) is 0 Å². The SMILES string of the molecule is Cc1ccc(N2CCN(C(=O)CN)CC2)cc1Cl. The van der Waals surface area contributed by atoms with Crippen molar-refractivity contribution < 1.29 is 4.79 Å². The summed E-state index contributed by atoms with van der Waals surface area (Å²) in [6.45, 7) is 5.18. The van der Waals surface area contributed by atoms with Crippen LogP contribution in [0.15, 0.2) is 18.2 Å². The van der Waals surface area contributed by atoms with Crippen LogP contribution in [0.1, 0.15) is 5.56 Å². The van der Waals surface area contributed by atoms with Crippen LogP contribution in [0.4, 0.5) is 5.69 Å². The highest BCUT2D eigenvalue weighted by molar-refractivity contribution is 6.31. The normalized spacial score (nSPS) is 15.9. The van der Waals surface area contributed by atoms with Gasteiger partial charge in [0.05, 0.1) is 6.54 Å². The quantitative estimate of drug-likeness (QED) is 0.878. The molecule has 1 heterocycles. The van der Waals surface area contributed by atoms with E-state index in [2.05, 4.69) is 11.0 Å². The van der Waals surface area contributed by atoms with E-state index < -0.39 is 0 Å². The summed E-state index contributed by atoms with van der Waals surface area (Å²) in [6.07, 6.45) is 0. The van der Waals surface area contributed by atoms with Crippen LogP contribution < -0.4 is 10.6 Å². The van der Waals surface area contributed by atoms with Crippen molar-refractivity contribution in [2.75, 3.05) is 37.6 Å².